The Bertz CT molecular complexity index is 417. The van der Waals surface area contributed by atoms with E-state index in [2.05, 4.69) is 18.7 Å². The molecule has 100 valence electrons. The summed E-state index contributed by atoms with van der Waals surface area (Å²) in [6, 6.07) is 5.46. The van der Waals surface area contributed by atoms with Crippen molar-refractivity contribution in [2.75, 3.05) is 11.4 Å². The lowest BCUT2D eigenvalue weighted by molar-refractivity contribution is 0.374. The minimum absolute atomic E-state index is 0.137. The smallest absolute Gasteiger partial charge is 0.146 e. The zero-order valence-corrected chi connectivity index (χ0v) is 11.5. The Morgan fingerprint density at radius 1 is 1.39 bits per heavy atom. The number of hydrogen-bond acceptors (Lipinski definition) is 2. The zero-order valence-electron chi connectivity index (χ0n) is 11.5. The number of benzene rings is 1. The Hall–Kier alpha value is -1.09. The topological polar surface area (TPSA) is 29.3 Å². The van der Waals surface area contributed by atoms with Gasteiger partial charge in [-0.25, -0.2) is 4.39 Å². The number of para-hydroxylation sites is 1. The Kier molecular flexibility index (Phi) is 3.91. The van der Waals surface area contributed by atoms with Gasteiger partial charge < -0.3 is 10.6 Å². The lowest BCUT2D eigenvalue weighted by Crippen LogP contribution is -2.41. The predicted octanol–water partition coefficient (Wildman–Crippen LogP) is 3.47. The number of hydrogen-bond donors (Lipinski definition) is 1. The molecule has 1 aliphatic rings. The van der Waals surface area contributed by atoms with Gasteiger partial charge in [0.2, 0.25) is 0 Å². The first-order valence-corrected chi connectivity index (χ1v) is 6.81. The molecule has 3 atom stereocenters. The van der Waals surface area contributed by atoms with Crippen molar-refractivity contribution < 1.29 is 4.39 Å². The molecule has 18 heavy (non-hydrogen) atoms. The number of piperidine rings is 1. The van der Waals surface area contributed by atoms with Crippen molar-refractivity contribution in [2.45, 2.75) is 45.7 Å². The highest BCUT2D eigenvalue weighted by molar-refractivity contribution is 5.57. The standard InChI is InChI=1S/C15H23FN2/c1-10-7-8-18(11(2)9-10)15-13(12(3)17)5-4-6-14(15)16/h4-6,10-12H,7-9,17H2,1-3H3/t10?,11?,12-/m0/s1. The van der Waals surface area contributed by atoms with Gasteiger partial charge in [0.25, 0.3) is 0 Å². The number of nitrogens with zero attached hydrogens (tertiary/aromatic N) is 1. The molecule has 0 radical (unpaired) electrons. The molecule has 0 aliphatic carbocycles. The van der Waals surface area contributed by atoms with Crippen molar-refractivity contribution in [1.82, 2.24) is 0 Å². The Balaban J connectivity index is 2.38. The van der Waals surface area contributed by atoms with Crippen LogP contribution in [0.2, 0.25) is 0 Å². The average Bonchev–Trinajstić information content (AvgIpc) is 2.29. The lowest BCUT2D eigenvalue weighted by atomic mass is 9.91. The fourth-order valence-electron chi connectivity index (χ4n) is 2.94. The maximum Gasteiger partial charge on any atom is 0.146 e. The second-order valence-corrected chi connectivity index (χ2v) is 5.64. The van der Waals surface area contributed by atoms with Crippen LogP contribution in [0.5, 0.6) is 0 Å². The van der Waals surface area contributed by atoms with E-state index in [0.29, 0.717) is 11.7 Å². The molecule has 1 saturated heterocycles. The van der Waals surface area contributed by atoms with Gasteiger partial charge in [-0.15, -0.1) is 0 Å². The van der Waals surface area contributed by atoms with E-state index in [0.717, 1.165) is 30.9 Å². The molecular weight excluding hydrogens is 227 g/mol. The summed E-state index contributed by atoms with van der Waals surface area (Å²) >= 11 is 0. The lowest BCUT2D eigenvalue weighted by Gasteiger charge is -2.39. The summed E-state index contributed by atoms with van der Waals surface area (Å²) in [5.41, 5.74) is 7.60. The van der Waals surface area contributed by atoms with Crippen molar-refractivity contribution in [3.05, 3.63) is 29.6 Å². The van der Waals surface area contributed by atoms with Crippen molar-refractivity contribution in [2.24, 2.45) is 11.7 Å². The van der Waals surface area contributed by atoms with E-state index in [1.807, 2.05) is 13.0 Å². The van der Waals surface area contributed by atoms with E-state index in [1.165, 1.54) is 6.07 Å². The number of nitrogens with two attached hydrogens (primary N) is 1. The van der Waals surface area contributed by atoms with Crippen LogP contribution < -0.4 is 10.6 Å². The van der Waals surface area contributed by atoms with Gasteiger partial charge in [-0.2, -0.15) is 0 Å². The molecule has 0 bridgehead atoms. The van der Waals surface area contributed by atoms with E-state index in [-0.39, 0.29) is 11.9 Å². The van der Waals surface area contributed by atoms with Crippen molar-refractivity contribution in [3.63, 3.8) is 0 Å². The predicted molar refractivity (Wildman–Crippen MR) is 74.2 cm³/mol. The van der Waals surface area contributed by atoms with Gasteiger partial charge in [0, 0.05) is 18.6 Å². The molecule has 0 spiro atoms. The van der Waals surface area contributed by atoms with Gasteiger partial charge in [0.05, 0.1) is 5.69 Å². The van der Waals surface area contributed by atoms with Crippen LogP contribution >= 0.6 is 0 Å². The SMILES string of the molecule is CC1CCN(c2c(F)cccc2[C@H](C)N)C(C)C1. The van der Waals surface area contributed by atoms with Gasteiger partial charge in [-0.1, -0.05) is 19.1 Å². The van der Waals surface area contributed by atoms with Crippen LogP contribution in [-0.2, 0) is 0 Å². The Morgan fingerprint density at radius 2 is 2.11 bits per heavy atom. The highest BCUT2D eigenvalue weighted by Gasteiger charge is 2.27. The molecule has 2 nitrogen and oxygen atoms in total. The molecule has 1 heterocycles. The first-order chi connectivity index (χ1) is 8.50. The van der Waals surface area contributed by atoms with Crippen LogP contribution in [0.3, 0.4) is 0 Å². The van der Waals surface area contributed by atoms with Crippen molar-refractivity contribution in [1.29, 1.82) is 0 Å². The van der Waals surface area contributed by atoms with Crippen LogP contribution in [0.1, 0.15) is 45.2 Å². The van der Waals surface area contributed by atoms with E-state index in [4.69, 9.17) is 5.73 Å². The van der Waals surface area contributed by atoms with Crippen LogP contribution in [0.15, 0.2) is 18.2 Å². The highest BCUT2D eigenvalue weighted by Crippen LogP contribution is 2.34. The third-order valence-corrected chi connectivity index (χ3v) is 3.93. The summed E-state index contributed by atoms with van der Waals surface area (Å²) in [4.78, 5) is 2.19. The summed E-state index contributed by atoms with van der Waals surface area (Å²) in [6.45, 7) is 7.27. The molecular formula is C15H23FN2. The molecule has 2 N–H and O–H groups in total. The zero-order chi connectivity index (χ0) is 13.3. The minimum Gasteiger partial charge on any atom is -0.366 e. The van der Waals surface area contributed by atoms with E-state index < -0.39 is 0 Å². The molecule has 0 saturated carbocycles. The number of rotatable bonds is 2. The highest BCUT2D eigenvalue weighted by atomic mass is 19.1. The van der Waals surface area contributed by atoms with E-state index >= 15 is 0 Å². The van der Waals surface area contributed by atoms with E-state index in [9.17, 15) is 4.39 Å². The third-order valence-electron chi connectivity index (χ3n) is 3.93. The largest absolute Gasteiger partial charge is 0.366 e. The Morgan fingerprint density at radius 3 is 2.72 bits per heavy atom. The molecule has 0 amide bonds. The van der Waals surface area contributed by atoms with Crippen LogP contribution in [-0.4, -0.2) is 12.6 Å². The normalized spacial score (nSPS) is 26.2. The summed E-state index contributed by atoms with van der Waals surface area (Å²) < 4.78 is 14.2. The third kappa shape index (κ3) is 2.51. The second kappa shape index (κ2) is 5.27. The molecule has 2 rings (SSSR count). The summed E-state index contributed by atoms with van der Waals surface area (Å²) in [6.07, 6.45) is 2.24. The van der Waals surface area contributed by atoms with Crippen molar-refractivity contribution >= 4 is 5.69 Å². The maximum atomic E-state index is 14.2. The van der Waals surface area contributed by atoms with Crippen molar-refractivity contribution in [3.8, 4) is 0 Å². The van der Waals surface area contributed by atoms with Gasteiger partial charge in [0.1, 0.15) is 5.82 Å². The molecule has 0 aromatic heterocycles. The van der Waals surface area contributed by atoms with Crippen LogP contribution in [0, 0.1) is 11.7 Å². The molecule has 1 fully saturated rings. The molecule has 1 aromatic rings. The molecule has 1 aromatic carbocycles. The van der Waals surface area contributed by atoms with Crippen LogP contribution in [0.4, 0.5) is 10.1 Å². The Labute approximate surface area is 109 Å². The number of anilines is 1. The van der Waals surface area contributed by atoms with Gasteiger partial charge in [-0.05, 0) is 44.2 Å². The maximum absolute atomic E-state index is 14.2. The molecule has 3 heteroatoms. The fourth-order valence-corrected chi connectivity index (χ4v) is 2.94. The van der Waals surface area contributed by atoms with Gasteiger partial charge >= 0.3 is 0 Å². The summed E-state index contributed by atoms with van der Waals surface area (Å²) in [5, 5.41) is 0. The molecule has 1 aliphatic heterocycles. The monoisotopic (exact) mass is 250 g/mol. The summed E-state index contributed by atoms with van der Waals surface area (Å²) in [5.74, 6) is 0.577. The second-order valence-electron chi connectivity index (χ2n) is 5.64. The quantitative estimate of drug-likeness (QED) is 0.871. The average molecular weight is 250 g/mol. The van der Waals surface area contributed by atoms with Crippen LogP contribution in [0.25, 0.3) is 0 Å². The number of halogens is 1. The first-order valence-electron chi connectivity index (χ1n) is 6.81. The first kappa shape index (κ1) is 13.3. The molecule has 2 unspecified atom stereocenters. The summed E-state index contributed by atoms with van der Waals surface area (Å²) in [7, 11) is 0. The fraction of sp³-hybridized carbons (Fsp3) is 0.600. The van der Waals surface area contributed by atoms with E-state index in [1.54, 1.807) is 6.07 Å². The van der Waals surface area contributed by atoms with Gasteiger partial charge in [-0.3, -0.25) is 0 Å². The van der Waals surface area contributed by atoms with Gasteiger partial charge in [0.15, 0.2) is 0 Å². The minimum atomic E-state index is -0.147.